The molecule has 4 nitrogen and oxygen atoms in total. The molecule has 0 bridgehead atoms. The van der Waals surface area contributed by atoms with Crippen LogP contribution in [-0.4, -0.2) is 18.4 Å². The predicted octanol–water partition coefficient (Wildman–Crippen LogP) is 3.36. The maximum atomic E-state index is 11.9. The first-order valence-corrected chi connectivity index (χ1v) is 8.11. The highest BCUT2D eigenvalue weighted by Gasteiger charge is 2.07. The lowest BCUT2D eigenvalue weighted by molar-refractivity contribution is -0.123. The van der Waals surface area contributed by atoms with Crippen molar-refractivity contribution < 1.29 is 9.59 Å². The van der Waals surface area contributed by atoms with Crippen LogP contribution in [-0.2, 0) is 16.0 Å². The van der Waals surface area contributed by atoms with Crippen molar-refractivity contribution in [2.45, 2.75) is 20.3 Å². The van der Waals surface area contributed by atoms with Gasteiger partial charge in [0.15, 0.2) is 0 Å². The Morgan fingerprint density at radius 3 is 2.30 bits per heavy atom. The van der Waals surface area contributed by atoms with Crippen LogP contribution in [0.1, 0.15) is 16.7 Å². The number of rotatable bonds is 5. The van der Waals surface area contributed by atoms with Crippen molar-refractivity contribution in [1.29, 1.82) is 0 Å². The molecule has 0 radical (unpaired) electrons. The van der Waals surface area contributed by atoms with Gasteiger partial charge in [-0.2, -0.15) is 0 Å². The lowest BCUT2D eigenvalue weighted by Gasteiger charge is -2.09. The first-order chi connectivity index (χ1) is 10.9. The van der Waals surface area contributed by atoms with Crippen LogP contribution >= 0.6 is 15.9 Å². The van der Waals surface area contributed by atoms with Crippen LogP contribution in [0.3, 0.4) is 0 Å². The molecule has 2 N–H and O–H groups in total. The van der Waals surface area contributed by atoms with E-state index in [0.29, 0.717) is 0 Å². The molecule has 0 unspecified atom stereocenters. The standard InChI is InChI=1S/C18H19BrN2O2/c1-12-3-8-16(9-13(12)2)21-18(23)11-20-17(22)10-14-4-6-15(19)7-5-14/h3-9H,10-11H2,1-2H3,(H,20,22)(H,21,23). The van der Waals surface area contributed by atoms with Gasteiger partial charge >= 0.3 is 0 Å². The molecule has 5 heteroatoms. The highest BCUT2D eigenvalue weighted by molar-refractivity contribution is 9.10. The second kappa shape index (κ2) is 7.92. The van der Waals surface area contributed by atoms with Crippen molar-refractivity contribution in [3.8, 4) is 0 Å². The van der Waals surface area contributed by atoms with E-state index in [1.165, 1.54) is 5.56 Å². The summed E-state index contributed by atoms with van der Waals surface area (Å²) in [6, 6.07) is 13.2. The number of carbonyl (C=O) groups excluding carboxylic acids is 2. The van der Waals surface area contributed by atoms with Gasteiger partial charge in [0.05, 0.1) is 13.0 Å². The zero-order valence-electron chi connectivity index (χ0n) is 13.2. The molecule has 0 spiro atoms. The molecule has 2 amide bonds. The fourth-order valence-corrected chi connectivity index (χ4v) is 2.32. The second-order valence-corrected chi connectivity index (χ2v) is 6.34. The third-order valence-corrected chi connectivity index (χ3v) is 4.04. The monoisotopic (exact) mass is 374 g/mol. The third kappa shape index (κ3) is 5.53. The molecule has 0 aliphatic rings. The van der Waals surface area contributed by atoms with Crippen molar-refractivity contribution >= 4 is 33.4 Å². The van der Waals surface area contributed by atoms with E-state index in [1.54, 1.807) is 0 Å². The maximum absolute atomic E-state index is 11.9. The third-order valence-electron chi connectivity index (χ3n) is 3.51. The van der Waals surface area contributed by atoms with E-state index < -0.39 is 0 Å². The van der Waals surface area contributed by atoms with E-state index in [9.17, 15) is 9.59 Å². The minimum Gasteiger partial charge on any atom is -0.347 e. The van der Waals surface area contributed by atoms with Crippen LogP contribution in [0.5, 0.6) is 0 Å². The topological polar surface area (TPSA) is 58.2 Å². The number of nitrogens with one attached hydrogen (secondary N) is 2. The first-order valence-electron chi connectivity index (χ1n) is 7.32. The summed E-state index contributed by atoms with van der Waals surface area (Å²) in [4.78, 5) is 23.7. The summed E-state index contributed by atoms with van der Waals surface area (Å²) in [5.41, 5.74) is 3.92. The Balaban J connectivity index is 1.80. The Kier molecular flexibility index (Phi) is 5.93. The molecule has 0 saturated carbocycles. The van der Waals surface area contributed by atoms with Crippen LogP contribution in [0.4, 0.5) is 5.69 Å². The quantitative estimate of drug-likeness (QED) is 0.842. The molecule has 2 aromatic carbocycles. The molecule has 0 aliphatic heterocycles. The Hall–Kier alpha value is -2.14. The molecule has 0 saturated heterocycles. The van der Waals surface area contributed by atoms with Gasteiger partial charge in [0.25, 0.3) is 0 Å². The average molecular weight is 375 g/mol. The van der Waals surface area contributed by atoms with Gasteiger partial charge in [0, 0.05) is 10.2 Å². The van der Waals surface area contributed by atoms with Crippen molar-refractivity contribution in [2.75, 3.05) is 11.9 Å². The fraction of sp³-hybridized carbons (Fsp3) is 0.222. The average Bonchev–Trinajstić information content (AvgIpc) is 2.51. The molecule has 23 heavy (non-hydrogen) atoms. The molecule has 2 rings (SSSR count). The number of aryl methyl sites for hydroxylation is 2. The lowest BCUT2D eigenvalue weighted by Crippen LogP contribution is -2.33. The van der Waals surface area contributed by atoms with E-state index >= 15 is 0 Å². The van der Waals surface area contributed by atoms with E-state index in [1.807, 2.05) is 56.3 Å². The van der Waals surface area contributed by atoms with E-state index in [4.69, 9.17) is 0 Å². The van der Waals surface area contributed by atoms with Gasteiger partial charge in [-0.3, -0.25) is 9.59 Å². The predicted molar refractivity (Wildman–Crippen MR) is 95.4 cm³/mol. The summed E-state index contributed by atoms with van der Waals surface area (Å²) in [6.45, 7) is 3.97. The number of halogens is 1. The van der Waals surface area contributed by atoms with Crippen LogP contribution in [0.15, 0.2) is 46.9 Å². The molecule has 0 fully saturated rings. The minimum atomic E-state index is -0.239. The van der Waals surface area contributed by atoms with Gasteiger partial charge in [-0.15, -0.1) is 0 Å². The summed E-state index contributed by atoms with van der Waals surface area (Å²) in [5, 5.41) is 5.41. The van der Waals surface area contributed by atoms with E-state index in [-0.39, 0.29) is 24.8 Å². The van der Waals surface area contributed by atoms with Crippen molar-refractivity contribution in [3.63, 3.8) is 0 Å². The maximum Gasteiger partial charge on any atom is 0.243 e. The molecule has 0 atom stereocenters. The number of hydrogen-bond donors (Lipinski definition) is 2. The summed E-state index contributed by atoms with van der Waals surface area (Å²) in [6.07, 6.45) is 0.254. The van der Waals surface area contributed by atoms with Gasteiger partial charge in [-0.25, -0.2) is 0 Å². The van der Waals surface area contributed by atoms with Crippen LogP contribution in [0.2, 0.25) is 0 Å². The molecule has 0 heterocycles. The molecule has 0 aromatic heterocycles. The minimum absolute atomic E-state index is 0.0394. The first kappa shape index (κ1) is 17.2. The number of benzene rings is 2. The molecule has 2 aromatic rings. The zero-order chi connectivity index (χ0) is 16.8. The number of hydrogen-bond acceptors (Lipinski definition) is 2. The molecule has 0 aliphatic carbocycles. The zero-order valence-corrected chi connectivity index (χ0v) is 14.7. The van der Waals surface area contributed by atoms with Crippen molar-refractivity contribution in [1.82, 2.24) is 5.32 Å². The van der Waals surface area contributed by atoms with Gasteiger partial charge in [0.1, 0.15) is 0 Å². The normalized spacial score (nSPS) is 10.2. The van der Waals surface area contributed by atoms with Crippen LogP contribution < -0.4 is 10.6 Å². The van der Waals surface area contributed by atoms with Gasteiger partial charge in [0.2, 0.25) is 11.8 Å². The van der Waals surface area contributed by atoms with Gasteiger partial charge in [-0.05, 0) is 54.8 Å². The summed E-state index contributed by atoms with van der Waals surface area (Å²) >= 11 is 3.35. The smallest absolute Gasteiger partial charge is 0.243 e. The summed E-state index contributed by atoms with van der Waals surface area (Å²) < 4.78 is 0.967. The second-order valence-electron chi connectivity index (χ2n) is 5.43. The Morgan fingerprint density at radius 2 is 1.65 bits per heavy atom. The summed E-state index contributed by atoms with van der Waals surface area (Å²) in [5.74, 6) is -0.417. The number of anilines is 1. The Labute approximate surface area is 144 Å². The molecular formula is C18H19BrN2O2. The highest BCUT2D eigenvalue weighted by Crippen LogP contribution is 2.14. The Bertz CT molecular complexity index is 711. The van der Waals surface area contributed by atoms with Crippen LogP contribution in [0, 0.1) is 13.8 Å². The number of amides is 2. The fourth-order valence-electron chi connectivity index (χ4n) is 2.05. The lowest BCUT2D eigenvalue weighted by atomic mass is 10.1. The molecule has 120 valence electrons. The van der Waals surface area contributed by atoms with Crippen LogP contribution in [0.25, 0.3) is 0 Å². The Morgan fingerprint density at radius 1 is 0.957 bits per heavy atom. The number of carbonyl (C=O) groups is 2. The molecular weight excluding hydrogens is 356 g/mol. The highest BCUT2D eigenvalue weighted by atomic mass is 79.9. The largest absolute Gasteiger partial charge is 0.347 e. The van der Waals surface area contributed by atoms with Crippen molar-refractivity contribution in [3.05, 3.63) is 63.6 Å². The van der Waals surface area contributed by atoms with Gasteiger partial charge < -0.3 is 10.6 Å². The summed E-state index contributed by atoms with van der Waals surface area (Å²) in [7, 11) is 0. The van der Waals surface area contributed by atoms with E-state index in [2.05, 4.69) is 26.6 Å². The van der Waals surface area contributed by atoms with E-state index in [0.717, 1.165) is 21.3 Å². The van der Waals surface area contributed by atoms with Gasteiger partial charge in [-0.1, -0.05) is 34.1 Å². The SMILES string of the molecule is Cc1ccc(NC(=O)CNC(=O)Cc2ccc(Br)cc2)cc1C. The van der Waals surface area contributed by atoms with Crippen molar-refractivity contribution in [2.24, 2.45) is 0 Å².